The Kier molecular flexibility index (Phi) is 5.02. The van der Waals surface area contributed by atoms with Gasteiger partial charge in [0.05, 0.1) is 10.5 Å². The second-order valence-electron chi connectivity index (χ2n) is 6.81. The molecule has 0 saturated carbocycles. The highest BCUT2D eigenvalue weighted by atomic mass is 32.2. The van der Waals surface area contributed by atoms with Gasteiger partial charge in [0.1, 0.15) is 11.3 Å². The number of alkyl halides is 3. The summed E-state index contributed by atoms with van der Waals surface area (Å²) in [6, 6.07) is 9.02. The number of rotatable bonds is 3. The van der Waals surface area contributed by atoms with Crippen LogP contribution in [-0.4, -0.2) is 59.1 Å². The minimum Gasteiger partial charge on any atom is -0.335 e. The minimum absolute atomic E-state index is 0.0162. The van der Waals surface area contributed by atoms with Gasteiger partial charge in [0, 0.05) is 38.6 Å². The highest BCUT2D eigenvalue weighted by Gasteiger charge is 2.34. The predicted molar refractivity (Wildman–Crippen MR) is 101 cm³/mol. The average Bonchev–Trinajstić information content (AvgIpc) is 3.17. The molecule has 1 saturated heterocycles. The molecule has 3 heterocycles. The van der Waals surface area contributed by atoms with Crippen LogP contribution in [0.1, 0.15) is 16.1 Å². The fourth-order valence-corrected chi connectivity index (χ4v) is 4.78. The van der Waals surface area contributed by atoms with Crippen LogP contribution in [0, 0.1) is 0 Å². The molecule has 158 valence electrons. The van der Waals surface area contributed by atoms with Crippen molar-refractivity contribution in [1.82, 2.24) is 18.6 Å². The van der Waals surface area contributed by atoms with E-state index < -0.39 is 26.7 Å². The molecule has 1 fully saturated rings. The number of imidazole rings is 1. The minimum atomic E-state index is -4.63. The van der Waals surface area contributed by atoms with E-state index in [1.165, 1.54) is 4.90 Å². The van der Waals surface area contributed by atoms with Crippen molar-refractivity contribution in [2.75, 3.05) is 26.2 Å². The summed E-state index contributed by atoms with van der Waals surface area (Å²) in [5.41, 5.74) is -0.161. The van der Waals surface area contributed by atoms with Crippen molar-refractivity contribution in [2.24, 2.45) is 0 Å². The van der Waals surface area contributed by atoms with Gasteiger partial charge in [-0.3, -0.25) is 4.79 Å². The van der Waals surface area contributed by atoms with E-state index >= 15 is 0 Å². The molecule has 1 amide bonds. The molecule has 0 spiro atoms. The lowest BCUT2D eigenvalue weighted by atomic mass is 10.2. The first kappa shape index (κ1) is 20.4. The smallest absolute Gasteiger partial charge is 0.335 e. The van der Waals surface area contributed by atoms with Gasteiger partial charge in [0.15, 0.2) is 0 Å². The second kappa shape index (κ2) is 7.40. The van der Waals surface area contributed by atoms with Crippen LogP contribution in [0.2, 0.25) is 0 Å². The molecule has 0 unspecified atom stereocenters. The number of piperazine rings is 1. The van der Waals surface area contributed by atoms with Crippen LogP contribution in [0.4, 0.5) is 13.2 Å². The van der Waals surface area contributed by atoms with Gasteiger partial charge in [0.25, 0.3) is 5.91 Å². The Morgan fingerprint density at radius 2 is 1.73 bits per heavy atom. The summed E-state index contributed by atoms with van der Waals surface area (Å²) < 4.78 is 67.1. The first-order chi connectivity index (χ1) is 14.2. The van der Waals surface area contributed by atoms with Gasteiger partial charge >= 0.3 is 6.18 Å². The van der Waals surface area contributed by atoms with Gasteiger partial charge in [-0.2, -0.15) is 17.5 Å². The molecular weight excluding hydrogens is 421 g/mol. The van der Waals surface area contributed by atoms with E-state index in [0.29, 0.717) is 11.7 Å². The molecular formula is C19H17F3N4O3S. The number of halogens is 3. The fraction of sp³-hybridized carbons (Fsp3) is 0.263. The summed E-state index contributed by atoms with van der Waals surface area (Å²) in [7, 11) is -4.10. The Morgan fingerprint density at radius 1 is 1.00 bits per heavy atom. The first-order valence-electron chi connectivity index (χ1n) is 9.07. The van der Waals surface area contributed by atoms with Gasteiger partial charge in [-0.05, 0) is 30.3 Å². The molecule has 0 aliphatic carbocycles. The number of aromatic nitrogens is 2. The second-order valence-corrected chi connectivity index (χ2v) is 8.75. The molecule has 0 N–H and O–H groups in total. The van der Waals surface area contributed by atoms with Gasteiger partial charge in [-0.25, -0.2) is 13.4 Å². The number of carbonyl (C=O) groups excluding carboxylic acids is 1. The van der Waals surface area contributed by atoms with Gasteiger partial charge in [-0.1, -0.05) is 12.1 Å². The first-order valence-corrected chi connectivity index (χ1v) is 10.5. The van der Waals surface area contributed by atoms with E-state index in [2.05, 4.69) is 4.98 Å². The molecule has 0 bridgehead atoms. The molecule has 2 aromatic heterocycles. The van der Waals surface area contributed by atoms with Crippen LogP contribution in [0.5, 0.6) is 0 Å². The third kappa shape index (κ3) is 3.77. The Morgan fingerprint density at radius 3 is 2.40 bits per heavy atom. The molecule has 1 aliphatic heterocycles. The van der Waals surface area contributed by atoms with Crippen molar-refractivity contribution >= 4 is 21.6 Å². The van der Waals surface area contributed by atoms with Crippen molar-refractivity contribution in [3.05, 3.63) is 66.1 Å². The lowest BCUT2D eigenvalue weighted by Gasteiger charge is -2.33. The van der Waals surface area contributed by atoms with E-state index in [1.54, 1.807) is 35.0 Å². The topological polar surface area (TPSA) is 75.0 Å². The average molecular weight is 438 g/mol. The third-order valence-electron chi connectivity index (χ3n) is 4.91. The Balaban J connectivity index is 1.48. The number of amides is 1. The van der Waals surface area contributed by atoms with Crippen molar-refractivity contribution in [1.29, 1.82) is 0 Å². The van der Waals surface area contributed by atoms with Crippen LogP contribution in [-0.2, 0) is 16.2 Å². The molecule has 3 aromatic rings. The zero-order chi connectivity index (χ0) is 21.5. The van der Waals surface area contributed by atoms with Crippen LogP contribution < -0.4 is 0 Å². The van der Waals surface area contributed by atoms with E-state index in [1.807, 2.05) is 0 Å². The number of hydrogen-bond acceptors (Lipinski definition) is 4. The van der Waals surface area contributed by atoms with Crippen LogP contribution in [0.3, 0.4) is 0 Å². The largest absolute Gasteiger partial charge is 0.416 e. The van der Waals surface area contributed by atoms with Crippen LogP contribution in [0.25, 0.3) is 5.65 Å². The van der Waals surface area contributed by atoms with Crippen molar-refractivity contribution < 1.29 is 26.4 Å². The van der Waals surface area contributed by atoms with Gasteiger partial charge in [0.2, 0.25) is 10.0 Å². The quantitative estimate of drug-likeness (QED) is 0.630. The maximum Gasteiger partial charge on any atom is 0.416 e. The maximum absolute atomic E-state index is 12.9. The lowest BCUT2D eigenvalue weighted by Crippen LogP contribution is -2.50. The van der Waals surface area contributed by atoms with E-state index in [-0.39, 0.29) is 37.8 Å². The number of fused-ring (bicyclic) bond motifs is 1. The zero-order valence-corrected chi connectivity index (χ0v) is 16.4. The maximum atomic E-state index is 12.9. The number of benzene rings is 1. The van der Waals surface area contributed by atoms with E-state index in [0.717, 1.165) is 22.5 Å². The summed E-state index contributed by atoms with van der Waals surface area (Å²) in [5.74, 6) is -0.324. The lowest BCUT2D eigenvalue weighted by molar-refractivity contribution is -0.137. The van der Waals surface area contributed by atoms with Crippen molar-refractivity contribution in [2.45, 2.75) is 11.1 Å². The summed E-state index contributed by atoms with van der Waals surface area (Å²) >= 11 is 0. The number of nitrogens with zero attached hydrogens (tertiary/aromatic N) is 4. The monoisotopic (exact) mass is 438 g/mol. The molecule has 1 aromatic carbocycles. The summed E-state index contributed by atoms with van der Waals surface area (Å²) in [4.78, 5) is 18.0. The SMILES string of the molecule is O=C(c1cn2ccccc2n1)N1CCN(S(=O)(=O)c2cccc(C(F)(F)F)c2)CC1. The van der Waals surface area contributed by atoms with Crippen LogP contribution >= 0.6 is 0 Å². The van der Waals surface area contributed by atoms with Crippen LogP contribution in [0.15, 0.2) is 59.8 Å². The predicted octanol–water partition coefficient (Wildman–Crippen LogP) is 2.50. The molecule has 4 rings (SSSR count). The molecule has 7 nitrogen and oxygen atoms in total. The Bertz CT molecular complexity index is 1170. The van der Waals surface area contributed by atoms with Crippen molar-refractivity contribution in [3.63, 3.8) is 0 Å². The van der Waals surface area contributed by atoms with E-state index in [9.17, 15) is 26.4 Å². The molecule has 0 atom stereocenters. The number of pyridine rings is 1. The Hall–Kier alpha value is -2.92. The molecule has 1 aliphatic rings. The normalized spacial score (nSPS) is 16.2. The van der Waals surface area contributed by atoms with Crippen molar-refractivity contribution in [3.8, 4) is 0 Å². The summed E-state index contributed by atoms with van der Waals surface area (Å²) in [5, 5.41) is 0. The highest BCUT2D eigenvalue weighted by Crippen LogP contribution is 2.31. The molecule has 11 heteroatoms. The van der Waals surface area contributed by atoms with Gasteiger partial charge in [-0.15, -0.1) is 0 Å². The molecule has 30 heavy (non-hydrogen) atoms. The number of sulfonamides is 1. The number of carbonyl (C=O) groups is 1. The fourth-order valence-electron chi connectivity index (χ4n) is 3.31. The zero-order valence-electron chi connectivity index (χ0n) is 15.6. The number of hydrogen-bond donors (Lipinski definition) is 0. The standard InChI is InChI=1S/C19H17F3N4O3S/c20-19(21,22)14-4-3-5-15(12-14)30(28,29)26-10-8-24(9-11-26)18(27)16-13-25-7-2-1-6-17(25)23-16/h1-7,12-13H,8-11H2. The van der Waals surface area contributed by atoms with Gasteiger partial charge < -0.3 is 9.30 Å². The summed E-state index contributed by atoms with van der Waals surface area (Å²) in [6.07, 6.45) is -1.27. The summed E-state index contributed by atoms with van der Waals surface area (Å²) in [6.45, 7) is 0.200. The van der Waals surface area contributed by atoms with E-state index in [4.69, 9.17) is 0 Å². The third-order valence-corrected chi connectivity index (χ3v) is 6.80. The Labute approximate surface area is 170 Å². The highest BCUT2D eigenvalue weighted by molar-refractivity contribution is 7.89. The molecule has 0 radical (unpaired) electrons.